The van der Waals surface area contributed by atoms with Crippen molar-refractivity contribution >= 4 is 17.7 Å². The smallest absolute Gasteiger partial charge is 0.0478 e. The third kappa shape index (κ3) is 3.21. The van der Waals surface area contributed by atoms with Crippen LogP contribution in [-0.4, -0.2) is 13.1 Å². The lowest BCUT2D eigenvalue weighted by atomic mass is 10.2. The lowest BCUT2D eigenvalue weighted by molar-refractivity contribution is 0.731. The van der Waals surface area contributed by atoms with Crippen LogP contribution in [0.1, 0.15) is 12.5 Å². The molecule has 13 heavy (non-hydrogen) atoms. The van der Waals surface area contributed by atoms with E-state index in [1.807, 2.05) is 37.4 Å². The molecule has 0 aliphatic heterocycles. The van der Waals surface area contributed by atoms with Crippen LogP contribution < -0.4 is 5.32 Å². The van der Waals surface area contributed by atoms with Gasteiger partial charge in [0.1, 0.15) is 0 Å². The van der Waals surface area contributed by atoms with Crippen molar-refractivity contribution in [3.05, 3.63) is 40.9 Å². The highest BCUT2D eigenvalue weighted by atomic mass is 35.5. The first kappa shape index (κ1) is 10.3. The van der Waals surface area contributed by atoms with Crippen LogP contribution in [0, 0.1) is 0 Å². The summed E-state index contributed by atoms with van der Waals surface area (Å²) in [6.45, 7) is 2.09. The van der Waals surface area contributed by atoms with E-state index in [0.29, 0.717) is 6.04 Å². The highest BCUT2D eigenvalue weighted by Gasteiger charge is 1.94. The zero-order valence-corrected chi connectivity index (χ0v) is 8.68. The molecule has 1 nitrogen and oxygen atoms in total. The van der Waals surface area contributed by atoms with Gasteiger partial charge in [0, 0.05) is 11.1 Å². The molecule has 0 aliphatic rings. The van der Waals surface area contributed by atoms with Gasteiger partial charge in [-0.15, -0.1) is 0 Å². The van der Waals surface area contributed by atoms with Gasteiger partial charge in [-0.25, -0.2) is 0 Å². The molecule has 0 aromatic heterocycles. The van der Waals surface area contributed by atoms with Gasteiger partial charge in [0.05, 0.1) is 0 Å². The van der Waals surface area contributed by atoms with Gasteiger partial charge in [-0.3, -0.25) is 0 Å². The third-order valence-corrected chi connectivity index (χ3v) is 2.27. The van der Waals surface area contributed by atoms with Gasteiger partial charge in [-0.05, 0) is 25.6 Å². The Morgan fingerprint density at radius 3 is 2.69 bits per heavy atom. The van der Waals surface area contributed by atoms with Crippen LogP contribution in [0.3, 0.4) is 0 Å². The summed E-state index contributed by atoms with van der Waals surface area (Å²) in [5, 5.41) is 3.92. The van der Waals surface area contributed by atoms with E-state index in [2.05, 4.69) is 18.3 Å². The van der Waals surface area contributed by atoms with E-state index in [1.165, 1.54) is 0 Å². The normalized spacial score (nSPS) is 13.5. The summed E-state index contributed by atoms with van der Waals surface area (Å²) in [6.07, 6.45) is 4.12. The monoisotopic (exact) mass is 195 g/mol. The molecule has 0 amide bonds. The predicted molar refractivity (Wildman–Crippen MR) is 59.0 cm³/mol. The Labute approximate surface area is 84.4 Å². The Kier molecular flexibility index (Phi) is 4.00. The molecule has 0 fully saturated rings. The van der Waals surface area contributed by atoms with E-state index < -0.39 is 0 Å². The first-order valence-electron chi connectivity index (χ1n) is 4.34. The summed E-state index contributed by atoms with van der Waals surface area (Å²) in [5.41, 5.74) is 1.06. The number of nitrogens with one attached hydrogen (secondary N) is 1. The highest BCUT2D eigenvalue weighted by Crippen LogP contribution is 2.16. The van der Waals surface area contributed by atoms with Crippen LogP contribution in [0.5, 0.6) is 0 Å². The molecule has 1 atom stereocenters. The summed E-state index contributed by atoms with van der Waals surface area (Å²) in [7, 11) is 1.93. The van der Waals surface area contributed by atoms with Gasteiger partial charge in [0.2, 0.25) is 0 Å². The van der Waals surface area contributed by atoms with Crippen LogP contribution in [-0.2, 0) is 0 Å². The second-order valence-corrected chi connectivity index (χ2v) is 3.37. The topological polar surface area (TPSA) is 12.0 Å². The molecular weight excluding hydrogens is 182 g/mol. The van der Waals surface area contributed by atoms with Crippen molar-refractivity contribution in [1.82, 2.24) is 5.32 Å². The molecule has 0 aliphatic carbocycles. The maximum absolute atomic E-state index is 5.98. The SMILES string of the molecule is CN[C@H](C)/C=C/c1ccccc1Cl. The molecule has 0 saturated heterocycles. The van der Waals surface area contributed by atoms with Crippen molar-refractivity contribution in [1.29, 1.82) is 0 Å². The van der Waals surface area contributed by atoms with Crippen LogP contribution in [0.15, 0.2) is 30.3 Å². The molecule has 70 valence electrons. The van der Waals surface area contributed by atoms with Crippen molar-refractivity contribution < 1.29 is 0 Å². The van der Waals surface area contributed by atoms with Crippen molar-refractivity contribution in [3.8, 4) is 0 Å². The minimum absolute atomic E-state index is 0.372. The van der Waals surface area contributed by atoms with E-state index in [1.54, 1.807) is 0 Å². The van der Waals surface area contributed by atoms with Gasteiger partial charge in [-0.2, -0.15) is 0 Å². The summed E-state index contributed by atoms with van der Waals surface area (Å²) in [6, 6.07) is 8.18. The van der Waals surface area contributed by atoms with Gasteiger partial charge in [-0.1, -0.05) is 42.0 Å². The predicted octanol–water partition coefficient (Wildman–Crippen LogP) is 2.96. The molecule has 0 saturated carbocycles. The fourth-order valence-electron chi connectivity index (χ4n) is 0.954. The van der Waals surface area contributed by atoms with Crippen molar-refractivity contribution in [2.45, 2.75) is 13.0 Å². The number of hydrogen-bond donors (Lipinski definition) is 1. The van der Waals surface area contributed by atoms with E-state index in [-0.39, 0.29) is 0 Å². The average molecular weight is 196 g/mol. The molecule has 0 spiro atoms. The number of halogens is 1. The molecule has 0 unspecified atom stereocenters. The average Bonchev–Trinajstić information content (AvgIpc) is 2.16. The van der Waals surface area contributed by atoms with Crippen molar-refractivity contribution in [3.63, 3.8) is 0 Å². The van der Waals surface area contributed by atoms with Gasteiger partial charge < -0.3 is 5.32 Å². The van der Waals surface area contributed by atoms with E-state index in [4.69, 9.17) is 11.6 Å². The Balaban J connectivity index is 2.74. The van der Waals surface area contributed by atoms with Crippen LogP contribution >= 0.6 is 11.6 Å². The quantitative estimate of drug-likeness (QED) is 0.782. The second kappa shape index (κ2) is 5.05. The molecule has 0 bridgehead atoms. The largest absolute Gasteiger partial charge is 0.314 e. The minimum Gasteiger partial charge on any atom is -0.314 e. The molecule has 1 N–H and O–H groups in total. The maximum atomic E-state index is 5.98. The molecule has 2 heteroatoms. The van der Waals surface area contributed by atoms with E-state index >= 15 is 0 Å². The third-order valence-electron chi connectivity index (χ3n) is 1.93. The van der Waals surface area contributed by atoms with Crippen LogP contribution in [0.2, 0.25) is 5.02 Å². The Bertz CT molecular complexity index is 294. The summed E-state index contributed by atoms with van der Waals surface area (Å²) >= 11 is 5.98. The first-order valence-corrected chi connectivity index (χ1v) is 4.72. The summed E-state index contributed by atoms with van der Waals surface area (Å²) < 4.78 is 0. The Morgan fingerprint density at radius 2 is 2.08 bits per heavy atom. The summed E-state index contributed by atoms with van der Waals surface area (Å²) in [5.74, 6) is 0. The van der Waals surface area contributed by atoms with Gasteiger partial charge >= 0.3 is 0 Å². The highest BCUT2D eigenvalue weighted by molar-refractivity contribution is 6.32. The number of benzene rings is 1. The molecule has 1 aromatic rings. The number of likely N-dealkylation sites (N-methyl/N-ethyl adjacent to an activating group) is 1. The number of hydrogen-bond acceptors (Lipinski definition) is 1. The summed E-state index contributed by atoms with van der Waals surface area (Å²) in [4.78, 5) is 0. The fraction of sp³-hybridized carbons (Fsp3) is 0.273. The Morgan fingerprint density at radius 1 is 1.38 bits per heavy atom. The first-order chi connectivity index (χ1) is 6.24. The van der Waals surface area contributed by atoms with Crippen LogP contribution in [0.25, 0.3) is 6.08 Å². The minimum atomic E-state index is 0.372. The lowest BCUT2D eigenvalue weighted by Gasteiger charge is -2.02. The fourth-order valence-corrected chi connectivity index (χ4v) is 1.15. The second-order valence-electron chi connectivity index (χ2n) is 2.96. The Hall–Kier alpha value is -0.790. The van der Waals surface area contributed by atoms with Gasteiger partial charge in [0.15, 0.2) is 0 Å². The number of rotatable bonds is 3. The van der Waals surface area contributed by atoms with Gasteiger partial charge in [0.25, 0.3) is 0 Å². The van der Waals surface area contributed by atoms with Crippen molar-refractivity contribution in [2.24, 2.45) is 0 Å². The van der Waals surface area contributed by atoms with E-state index in [9.17, 15) is 0 Å². The lowest BCUT2D eigenvalue weighted by Crippen LogP contribution is -2.17. The molecule has 1 aromatic carbocycles. The molecular formula is C11H14ClN. The zero-order valence-electron chi connectivity index (χ0n) is 7.92. The van der Waals surface area contributed by atoms with Crippen LogP contribution in [0.4, 0.5) is 0 Å². The zero-order chi connectivity index (χ0) is 9.68. The molecule has 0 radical (unpaired) electrons. The standard InChI is InChI=1S/C11H14ClN/c1-9(13-2)7-8-10-5-3-4-6-11(10)12/h3-9,13H,1-2H3/b8-7+/t9-/m1/s1. The van der Waals surface area contributed by atoms with Crippen molar-refractivity contribution in [2.75, 3.05) is 7.05 Å². The maximum Gasteiger partial charge on any atom is 0.0478 e. The van der Waals surface area contributed by atoms with E-state index in [0.717, 1.165) is 10.6 Å². The molecule has 1 rings (SSSR count). The molecule has 0 heterocycles.